The molecule has 0 radical (unpaired) electrons. The summed E-state index contributed by atoms with van der Waals surface area (Å²) in [4.78, 5) is 48.5. The van der Waals surface area contributed by atoms with Gasteiger partial charge in [0.15, 0.2) is 0 Å². The first-order valence-electron chi connectivity index (χ1n) is 10.1. The third-order valence-corrected chi connectivity index (χ3v) is 6.23. The number of nitrogens with zero attached hydrogens (tertiary/aromatic N) is 4. The Morgan fingerprint density at radius 2 is 1.93 bits per heavy atom. The van der Waals surface area contributed by atoms with Crippen LogP contribution in [0.2, 0.25) is 0 Å². The van der Waals surface area contributed by atoms with Gasteiger partial charge in [0.1, 0.15) is 11.9 Å². The van der Waals surface area contributed by atoms with Crippen LogP contribution in [-0.2, 0) is 9.59 Å². The maximum atomic E-state index is 12.9. The number of aromatic nitrogens is 3. The van der Waals surface area contributed by atoms with Crippen molar-refractivity contribution in [2.24, 2.45) is 0 Å². The molecule has 154 valence electrons. The second-order valence-corrected chi connectivity index (χ2v) is 8.36. The van der Waals surface area contributed by atoms with Crippen molar-refractivity contribution in [1.29, 1.82) is 0 Å². The number of carbonyl (C=O) groups is 2. The van der Waals surface area contributed by atoms with Crippen LogP contribution in [-0.4, -0.2) is 62.3 Å². The number of benzene rings is 1. The van der Waals surface area contributed by atoms with Gasteiger partial charge in [-0.2, -0.15) is 0 Å². The van der Waals surface area contributed by atoms with Crippen molar-refractivity contribution in [3.63, 3.8) is 0 Å². The summed E-state index contributed by atoms with van der Waals surface area (Å²) in [5, 5.41) is 0.951. The van der Waals surface area contributed by atoms with E-state index in [1.165, 1.54) is 4.90 Å². The van der Waals surface area contributed by atoms with Gasteiger partial charge in [-0.15, -0.1) is 0 Å². The molecule has 30 heavy (non-hydrogen) atoms. The highest BCUT2D eigenvalue weighted by atomic mass is 16.2. The zero-order valence-electron chi connectivity index (χ0n) is 17.2. The molecule has 0 aliphatic carbocycles. The number of nitrogens with one attached hydrogen (secondary N) is 1. The Morgan fingerprint density at radius 3 is 2.73 bits per heavy atom. The summed E-state index contributed by atoms with van der Waals surface area (Å²) in [6.07, 6.45) is 4.00. The molecule has 1 aromatic carbocycles. The average Bonchev–Trinajstić information content (AvgIpc) is 3.33. The van der Waals surface area contributed by atoms with Crippen LogP contribution in [0.3, 0.4) is 0 Å². The first-order valence-corrected chi connectivity index (χ1v) is 10.1. The molecule has 8 heteroatoms. The van der Waals surface area contributed by atoms with Gasteiger partial charge in [-0.25, -0.2) is 4.98 Å². The van der Waals surface area contributed by atoms with Gasteiger partial charge in [-0.05, 0) is 43.4 Å². The maximum absolute atomic E-state index is 12.9. The molecule has 2 aliphatic rings. The van der Waals surface area contributed by atoms with Gasteiger partial charge < -0.3 is 19.4 Å². The lowest BCUT2D eigenvalue weighted by molar-refractivity contribution is -0.152. The fourth-order valence-corrected chi connectivity index (χ4v) is 4.82. The van der Waals surface area contributed by atoms with Crippen LogP contribution in [0.4, 0.5) is 0 Å². The van der Waals surface area contributed by atoms with Crippen molar-refractivity contribution in [3.05, 3.63) is 52.1 Å². The second kappa shape index (κ2) is 6.55. The molecule has 5 rings (SSSR count). The van der Waals surface area contributed by atoms with Gasteiger partial charge in [0.25, 0.3) is 5.56 Å². The molecule has 2 fully saturated rings. The number of hydrogen-bond donors (Lipinski definition) is 1. The smallest absolute Gasteiger partial charge is 0.259 e. The highest BCUT2D eigenvalue weighted by molar-refractivity contribution is 5.95. The van der Waals surface area contributed by atoms with Gasteiger partial charge in [-0.3, -0.25) is 14.4 Å². The molecule has 2 saturated heterocycles. The van der Waals surface area contributed by atoms with Gasteiger partial charge in [-0.1, -0.05) is 11.6 Å². The van der Waals surface area contributed by atoms with E-state index >= 15 is 0 Å². The number of pyridine rings is 1. The van der Waals surface area contributed by atoms with Crippen LogP contribution in [0, 0.1) is 13.8 Å². The lowest BCUT2D eigenvalue weighted by Gasteiger charge is -2.33. The maximum Gasteiger partial charge on any atom is 0.259 e. The Labute approximate surface area is 173 Å². The SMILES string of the molecule is Cc1cc(C)c2[nH]c(=O)c(-c3nccn3[C@H]3C[C@H]4C(=O)N(C)CC(=O)N4C3)cc2c1. The summed E-state index contributed by atoms with van der Waals surface area (Å²) in [6.45, 7) is 4.56. The van der Waals surface area contributed by atoms with Gasteiger partial charge in [0, 0.05) is 26.0 Å². The van der Waals surface area contributed by atoms with E-state index in [-0.39, 0.29) is 30.0 Å². The quantitative estimate of drug-likeness (QED) is 0.701. The van der Waals surface area contributed by atoms with Crippen LogP contribution < -0.4 is 5.56 Å². The average molecular weight is 405 g/mol. The zero-order valence-corrected chi connectivity index (χ0v) is 17.2. The summed E-state index contributed by atoms with van der Waals surface area (Å²) in [5.74, 6) is 0.476. The fourth-order valence-electron chi connectivity index (χ4n) is 4.82. The number of fused-ring (bicyclic) bond motifs is 2. The highest BCUT2D eigenvalue weighted by Gasteiger charge is 2.45. The zero-order chi connectivity index (χ0) is 21.2. The second-order valence-electron chi connectivity index (χ2n) is 8.36. The minimum absolute atomic E-state index is 0.0340. The van der Waals surface area contributed by atoms with Crippen LogP contribution in [0.25, 0.3) is 22.3 Å². The van der Waals surface area contributed by atoms with E-state index in [0.29, 0.717) is 24.4 Å². The molecule has 0 saturated carbocycles. The molecule has 4 heterocycles. The van der Waals surface area contributed by atoms with Crippen molar-refractivity contribution in [1.82, 2.24) is 24.3 Å². The van der Waals surface area contributed by atoms with E-state index in [0.717, 1.165) is 22.0 Å². The number of likely N-dealkylation sites (N-methyl/N-ethyl adjacent to an activating group) is 1. The van der Waals surface area contributed by atoms with Crippen molar-refractivity contribution in [3.8, 4) is 11.4 Å². The largest absolute Gasteiger partial charge is 0.335 e. The minimum atomic E-state index is -0.448. The Kier molecular flexibility index (Phi) is 4.06. The topological polar surface area (TPSA) is 91.3 Å². The molecule has 2 amide bonds. The van der Waals surface area contributed by atoms with Crippen molar-refractivity contribution >= 4 is 22.7 Å². The number of imidazole rings is 1. The number of aryl methyl sites for hydroxylation is 2. The molecule has 0 spiro atoms. The lowest BCUT2D eigenvalue weighted by atomic mass is 10.0. The van der Waals surface area contributed by atoms with E-state index < -0.39 is 6.04 Å². The van der Waals surface area contributed by atoms with Crippen LogP contribution in [0.1, 0.15) is 23.6 Å². The van der Waals surface area contributed by atoms with Crippen LogP contribution >= 0.6 is 0 Å². The first kappa shape index (κ1) is 18.6. The minimum Gasteiger partial charge on any atom is -0.335 e. The Balaban J connectivity index is 1.56. The Hall–Kier alpha value is -3.42. The predicted octanol–water partition coefficient (Wildman–Crippen LogP) is 1.62. The molecule has 2 aliphatic heterocycles. The van der Waals surface area contributed by atoms with Crippen LogP contribution in [0.15, 0.2) is 35.4 Å². The van der Waals surface area contributed by atoms with Gasteiger partial charge in [0.05, 0.1) is 23.7 Å². The molecule has 0 bridgehead atoms. The van der Waals surface area contributed by atoms with Gasteiger partial charge >= 0.3 is 0 Å². The monoisotopic (exact) mass is 405 g/mol. The number of hydrogen-bond acceptors (Lipinski definition) is 4. The standard InChI is InChI=1S/C22H23N5O3/c1-12-6-13(2)19-14(7-12)8-16(21(29)24-19)20-23-4-5-26(20)15-9-17-22(30)25(3)11-18(28)27(17)10-15/h4-8,15,17H,9-11H2,1-3H3,(H,24,29)/t15-,17-/m0/s1. The number of carbonyl (C=O) groups excluding carboxylic acids is 2. The fraction of sp³-hybridized carbons (Fsp3) is 0.364. The van der Waals surface area contributed by atoms with Crippen molar-refractivity contribution in [2.75, 3.05) is 20.1 Å². The van der Waals surface area contributed by atoms with E-state index in [1.54, 1.807) is 18.1 Å². The van der Waals surface area contributed by atoms with Gasteiger partial charge in [0.2, 0.25) is 11.8 Å². The Morgan fingerprint density at radius 1 is 1.13 bits per heavy atom. The van der Waals surface area contributed by atoms with E-state index in [2.05, 4.69) is 9.97 Å². The number of amides is 2. The van der Waals surface area contributed by atoms with E-state index in [1.807, 2.05) is 42.8 Å². The number of piperazine rings is 1. The normalized spacial score (nSPS) is 21.6. The number of H-pyrrole nitrogens is 1. The summed E-state index contributed by atoms with van der Waals surface area (Å²) in [6, 6.07) is 5.40. The molecule has 2 aromatic heterocycles. The summed E-state index contributed by atoms with van der Waals surface area (Å²) in [7, 11) is 1.66. The number of rotatable bonds is 2. The summed E-state index contributed by atoms with van der Waals surface area (Å²) < 4.78 is 1.93. The third kappa shape index (κ3) is 2.74. The molecular weight excluding hydrogens is 382 g/mol. The third-order valence-electron chi connectivity index (χ3n) is 6.23. The molecular formula is C22H23N5O3. The molecule has 0 unspecified atom stereocenters. The van der Waals surface area contributed by atoms with E-state index in [9.17, 15) is 14.4 Å². The molecule has 2 atom stereocenters. The van der Waals surface area contributed by atoms with Crippen molar-refractivity contribution in [2.45, 2.75) is 32.4 Å². The van der Waals surface area contributed by atoms with Crippen molar-refractivity contribution < 1.29 is 9.59 Å². The predicted molar refractivity (Wildman–Crippen MR) is 112 cm³/mol. The lowest BCUT2D eigenvalue weighted by Crippen LogP contribution is -2.55. The highest BCUT2D eigenvalue weighted by Crippen LogP contribution is 2.33. The summed E-state index contributed by atoms with van der Waals surface area (Å²) in [5.41, 5.74) is 3.24. The first-order chi connectivity index (χ1) is 14.3. The van der Waals surface area contributed by atoms with Crippen LogP contribution in [0.5, 0.6) is 0 Å². The molecule has 1 N–H and O–H groups in total. The Bertz CT molecular complexity index is 1260. The summed E-state index contributed by atoms with van der Waals surface area (Å²) >= 11 is 0. The molecule has 8 nitrogen and oxygen atoms in total. The number of aromatic amines is 1. The molecule has 3 aromatic rings. The van der Waals surface area contributed by atoms with E-state index in [4.69, 9.17) is 0 Å².